The maximum Gasteiger partial charge on any atom is 0.333 e. The second-order valence-electron chi connectivity index (χ2n) is 6.98. The first-order valence-electron chi connectivity index (χ1n) is 10.1. The van der Waals surface area contributed by atoms with E-state index < -0.39 is 6.55 Å². The van der Waals surface area contributed by atoms with Crippen LogP contribution in [0, 0.1) is 12.7 Å². The quantitative estimate of drug-likeness (QED) is 0.576. The first kappa shape index (κ1) is 23.7. The summed E-state index contributed by atoms with van der Waals surface area (Å²) in [6.07, 6.45) is 5.29. The highest BCUT2D eigenvalue weighted by atomic mass is 32.1. The molecule has 0 unspecified atom stereocenters. The first-order chi connectivity index (χ1) is 15.4. The molecule has 6 nitrogen and oxygen atoms in total. The minimum absolute atomic E-state index is 0.162. The van der Waals surface area contributed by atoms with E-state index in [1.807, 2.05) is 30.2 Å². The molecule has 0 bridgehead atoms. The van der Waals surface area contributed by atoms with Gasteiger partial charge in [0.1, 0.15) is 5.82 Å². The molecule has 0 fully saturated rings. The van der Waals surface area contributed by atoms with E-state index in [2.05, 4.69) is 15.1 Å². The molecule has 3 heterocycles. The predicted molar refractivity (Wildman–Crippen MR) is 121 cm³/mol. The Balaban J connectivity index is 0.000000305. The van der Waals surface area contributed by atoms with E-state index in [0.29, 0.717) is 29.9 Å². The van der Waals surface area contributed by atoms with E-state index in [1.54, 1.807) is 12.3 Å². The van der Waals surface area contributed by atoms with Gasteiger partial charge < -0.3 is 10.6 Å². The van der Waals surface area contributed by atoms with Crippen LogP contribution >= 0.6 is 11.3 Å². The number of hydrogen-bond acceptors (Lipinski definition) is 6. The number of nitrogens with two attached hydrogens (primary N) is 1. The van der Waals surface area contributed by atoms with Crippen molar-refractivity contribution in [3.8, 4) is 0 Å². The third kappa shape index (κ3) is 5.63. The number of aromatic nitrogens is 3. The lowest BCUT2D eigenvalue weighted by atomic mass is 10.0. The highest BCUT2D eigenvalue weighted by molar-refractivity contribution is 7.11. The second kappa shape index (κ2) is 11.1. The van der Waals surface area contributed by atoms with Gasteiger partial charge in [0.25, 0.3) is 0 Å². The Morgan fingerprint density at radius 2 is 2.09 bits per heavy atom. The van der Waals surface area contributed by atoms with Gasteiger partial charge in [0.15, 0.2) is 10.8 Å². The van der Waals surface area contributed by atoms with Gasteiger partial charge >= 0.3 is 6.55 Å². The fourth-order valence-corrected chi connectivity index (χ4v) is 4.03. The monoisotopic (exact) mass is 462 g/mol. The first-order valence-corrected chi connectivity index (χ1v) is 11.0. The van der Waals surface area contributed by atoms with Gasteiger partial charge in [0.2, 0.25) is 0 Å². The fourth-order valence-electron chi connectivity index (χ4n) is 3.38. The number of aliphatic imine (C=N–C) groups is 1. The number of thiazole rings is 1. The molecule has 0 saturated heterocycles. The SMILES string of the molecule is CCC1=C(c2cnn(C(F)F)c2)CN=C(c2nccs2)N1CCN.Cc1cccc(F)c1. The lowest BCUT2D eigenvalue weighted by molar-refractivity contribution is 0.0566. The molecule has 0 aliphatic carbocycles. The molecule has 0 radical (unpaired) electrons. The van der Waals surface area contributed by atoms with Crippen molar-refractivity contribution >= 4 is 22.7 Å². The van der Waals surface area contributed by atoms with Crippen LogP contribution in [0.3, 0.4) is 0 Å². The highest BCUT2D eigenvalue weighted by Crippen LogP contribution is 2.30. The zero-order chi connectivity index (χ0) is 23.1. The number of aryl methyl sites for hydroxylation is 1. The molecular weight excluding hydrogens is 437 g/mol. The summed E-state index contributed by atoms with van der Waals surface area (Å²) in [6, 6.07) is 6.50. The van der Waals surface area contributed by atoms with E-state index in [-0.39, 0.29) is 5.82 Å². The maximum absolute atomic E-state index is 12.8. The van der Waals surface area contributed by atoms with E-state index in [4.69, 9.17) is 5.73 Å². The van der Waals surface area contributed by atoms with E-state index in [9.17, 15) is 13.2 Å². The zero-order valence-corrected chi connectivity index (χ0v) is 18.7. The van der Waals surface area contributed by atoms with Crippen molar-refractivity contribution in [3.05, 3.63) is 75.9 Å². The van der Waals surface area contributed by atoms with Crippen molar-refractivity contribution in [2.75, 3.05) is 19.6 Å². The number of amidine groups is 1. The van der Waals surface area contributed by atoms with Crippen molar-refractivity contribution in [1.29, 1.82) is 0 Å². The largest absolute Gasteiger partial charge is 0.333 e. The highest BCUT2D eigenvalue weighted by Gasteiger charge is 2.26. The van der Waals surface area contributed by atoms with Crippen molar-refractivity contribution in [2.24, 2.45) is 10.7 Å². The van der Waals surface area contributed by atoms with Crippen LogP contribution in [-0.4, -0.2) is 45.1 Å². The van der Waals surface area contributed by atoms with Gasteiger partial charge in [-0.05, 0) is 31.0 Å². The Bertz CT molecular complexity index is 1060. The standard InChI is InChI=1S/C15H18F2N6S.C7H7F/c1-2-12-11(10-7-21-23(9-10)15(16)17)8-20-13(22(12)5-3-18)14-19-4-6-24-14;1-6-3-2-4-7(8)5-6/h4,6-7,9,15H,2-3,5,8,18H2,1H3;2-5H,1H3. The average Bonchev–Trinajstić information content (AvgIpc) is 3.46. The molecule has 1 aliphatic heterocycles. The number of hydrogen-bond donors (Lipinski definition) is 1. The number of halogens is 3. The summed E-state index contributed by atoms with van der Waals surface area (Å²) in [5, 5.41) is 6.46. The Kier molecular flexibility index (Phi) is 8.18. The van der Waals surface area contributed by atoms with Crippen LogP contribution in [0.4, 0.5) is 13.2 Å². The lowest BCUT2D eigenvalue weighted by Gasteiger charge is -2.32. The minimum atomic E-state index is -2.65. The van der Waals surface area contributed by atoms with Crippen LogP contribution in [-0.2, 0) is 0 Å². The minimum Gasteiger partial charge on any atom is -0.329 e. The van der Waals surface area contributed by atoms with Gasteiger partial charge in [-0.25, -0.2) is 14.1 Å². The predicted octanol–water partition coefficient (Wildman–Crippen LogP) is 4.71. The topological polar surface area (TPSA) is 72.3 Å². The van der Waals surface area contributed by atoms with E-state index in [0.717, 1.165) is 34.1 Å². The lowest BCUT2D eigenvalue weighted by Crippen LogP contribution is -2.38. The van der Waals surface area contributed by atoms with Crippen LogP contribution in [0.1, 0.15) is 36.0 Å². The molecule has 0 amide bonds. The molecule has 0 saturated carbocycles. The molecule has 0 spiro atoms. The maximum atomic E-state index is 12.8. The smallest absolute Gasteiger partial charge is 0.329 e. The normalized spacial score (nSPS) is 13.8. The van der Waals surface area contributed by atoms with Crippen LogP contribution in [0.25, 0.3) is 5.57 Å². The van der Waals surface area contributed by atoms with E-state index >= 15 is 0 Å². The Morgan fingerprint density at radius 1 is 1.28 bits per heavy atom. The molecule has 170 valence electrons. The fraction of sp³-hybridized carbons (Fsp3) is 0.318. The zero-order valence-electron chi connectivity index (χ0n) is 17.9. The Morgan fingerprint density at radius 3 is 2.62 bits per heavy atom. The van der Waals surface area contributed by atoms with Crippen molar-refractivity contribution < 1.29 is 13.2 Å². The summed E-state index contributed by atoms with van der Waals surface area (Å²) in [4.78, 5) is 11.0. The number of nitrogens with zero attached hydrogens (tertiary/aromatic N) is 5. The number of alkyl halides is 2. The third-order valence-corrected chi connectivity index (χ3v) is 5.53. The third-order valence-electron chi connectivity index (χ3n) is 4.76. The summed E-state index contributed by atoms with van der Waals surface area (Å²) in [5.74, 6) is 0.627. The summed E-state index contributed by atoms with van der Waals surface area (Å²) in [6.45, 7) is 2.70. The van der Waals surface area contributed by atoms with Gasteiger partial charge in [0.05, 0.1) is 12.7 Å². The number of rotatable bonds is 6. The van der Waals surface area contributed by atoms with Crippen molar-refractivity contribution in [1.82, 2.24) is 19.7 Å². The van der Waals surface area contributed by atoms with Gasteiger partial charge in [-0.2, -0.15) is 13.9 Å². The van der Waals surface area contributed by atoms with Crippen molar-refractivity contribution in [3.63, 3.8) is 0 Å². The molecule has 2 N–H and O–H groups in total. The summed E-state index contributed by atoms with van der Waals surface area (Å²) < 4.78 is 38.4. The average molecular weight is 463 g/mol. The number of allylic oxidation sites excluding steroid dienone is 1. The molecule has 4 rings (SSSR count). The molecule has 32 heavy (non-hydrogen) atoms. The van der Waals surface area contributed by atoms with Crippen LogP contribution in [0.2, 0.25) is 0 Å². The molecule has 2 aromatic heterocycles. The second-order valence-corrected chi connectivity index (χ2v) is 7.88. The van der Waals surface area contributed by atoms with Gasteiger partial charge in [-0.15, -0.1) is 11.3 Å². The Labute approximate surface area is 188 Å². The van der Waals surface area contributed by atoms with Gasteiger partial charge in [-0.1, -0.05) is 19.1 Å². The Hall–Kier alpha value is -2.98. The molecule has 10 heteroatoms. The van der Waals surface area contributed by atoms with E-state index in [1.165, 1.54) is 35.9 Å². The van der Waals surface area contributed by atoms with Gasteiger partial charge in [-0.3, -0.25) is 4.99 Å². The molecular formula is C22H25F3N6S. The molecule has 3 aromatic rings. The summed E-state index contributed by atoms with van der Waals surface area (Å²) in [5.41, 5.74) is 9.32. The summed E-state index contributed by atoms with van der Waals surface area (Å²) >= 11 is 1.51. The van der Waals surface area contributed by atoms with Gasteiger partial charge in [0, 0.05) is 47.7 Å². The van der Waals surface area contributed by atoms with Crippen LogP contribution in [0.15, 0.2) is 58.9 Å². The molecule has 0 atom stereocenters. The molecule has 1 aliphatic rings. The van der Waals surface area contributed by atoms with Crippen molar-refractivity contribution in [2.45, 2.75) is 26.8 Å². The summed E-state index contributed by atoms with van der Waals surface area (Å²) in [7, 11) is 0. The van der Waals surface area contributed by atoms with Crippen LogP contribution in [0.5, 0.6) is 0 Å². The molecule has 1 aromatic carbocycles. The van der Waals surface area contributed by atoms with Crippen LogP contribution < -0.4 is 5.73 Å². The number of benzene rings is 1.